The summed E-state index contributed by atoms with van der Waals surface area (Å²) in [6.07, 6.45) is -0.379. The summed E-state index contributed by atoms with van der Waals surface area (Å²) in [5, 5.41) is 1.50. The van der Waals surface area contributed by atoms with Gasteiger partial charge in [-0.25, -0.2) is 4.98 Å². The zero-order chi connectivity index (χ0) is 17.4. The number of aromatic nitrogens is 2. The van der Waals surface area contributed by atoms with E-state index in [0.717, 1.165) is 5.56 Å². The molecular formula is C16H16Cl4N2O. The van der Waals surface area contributed by atoms with Crippen LogP contribution in [0, 0.1) is 0 Å². The SMILES string of the molecule is CC(Oc1nc(Cl)nc(C(C)(C)C)c1Cl)c1ccc(Cl)cc1Cl. The lowest BCUT2D eigenvalue weighted by Gasteiger charge is -2.22. The molecule has 0 bridgehead atoms. The molecule has 2 rings (SSSR count). The van der Waals surface area contributed by atoms with Gasteiger partial charge in [-0.05, 0) is 30.7 Å². The van der Waals surface area contributed by atoms with Crippen molar-refractivity contribution in [2.75, 3.05) is 0 Å². The molecule has 0 aliphatic rings. The molecule has 0 fully saturated rings. The minimum atomic E-state index is -0.379. The summed E-state index contributed by atoms with van der Waals surface area (Å²) in [5.74, 6) is 0.232. The molecule has 0 radical (unpaired) electrons. The van der Waals surface area contributed by atoms with Crippen molar-refractivity contribution in [3.63, 3.8) is 0 Å². The Morgan fingerprint density at radius 2 is 1.70 bits per heavy atom. The largest absolute Gasteiger partial charge is 0.469 e. The Kier molecular flexibility index (Phi) is 5.68. The Morgan fingerprint density at radius 3 is 2.26 bits per heavy atom. The monoisotopic (exact) mass is 392 g/mol. The number of benzene rings is 1. The number of nitrogens with zero attached hydrogens (tertiary/aromatic N) is 2. The van der Waals surface area contributed by atoms with Gasteiger partial charge in [-0.15, -0.1) is 0 Å². The van der Waals surface area contributed by atoms with Crippen LogP contribution in [0.2, 0.25) is 20.4 Å². The van der Waals surface area contributed by atoms with Crippen LogP contribution >= 0.6 is 46.4 Å². The van der Waals surface area contributed by atoms with Crippen LogP contribution in [-0.4, -0.2) is 9.97 Å². The van der Waals surface area contributed by atoms with Crippen LogP contribution in [0.4, 0.5) is 0 Å². The zero-order valence-corrected chi connectivity index (χ0v) is 16.1. The first-order valence-corrected chi connectivity index (χ1v) is 8.46. The third kappa shape index (κ3) is 4.42. The summed E-state index contributed by atoms with van der Waals surface area (Å²) in [4.78, 5) is 8.30. The van der Waals surface area contributed by atoms with Crippen LogP contribution in [-0.2, 0) is 5.41 Å². The second-order valence-electron chi connectivity index (χ2n) is 6.14. The average molecular weight is 394 g/mol. The molecular weight excluding hydrogens is 378 g/mol. The van der Waals surface area contributed by atoms with E-state index in [9.17, 15) is 0 Å². The van der Waals surface area contributed by atoms with Crippen molar-refractivity contribution in [1.82, 2.24) is 9.97 Å². The molecule has 0 saturated heterocycles. The fourth-order valence-corrected chi connectivity index (χ4v) is 3.17. The van der Waals surface area contributed by atoms with Gasteiger partial charge in [0.05, 0.1) is 5.69 Å². The van der Waals surface area contributed by atoms with Crippen LogP contribution in [0.5, 0.6) is 5.88 Å². The molecule has 1 aromatic heterocycles. The fraction of sp³-hybridized carbons (Fsp3) is 0.375. The van der Waals surface area contributed by atoms with Crippen molar-refractivity contribution in [3.05, 3.63) is 49.8 Å². The Bertz CT molecular complexity index is 729. The van der Waals surface area contributed by atoms with E-state index in [-0.39, 0.29) is 22.7 Å². The molecule has 1 aromatic carbocycles. The Morgan fingerprint density at radius 1 is 1.04 bits per heavy atom. The standard InChI is InChI=1S/C16H16Cl4N2O/c1-8(10-6-5-9(17)7-11(10)18)23-14-12(19)13(16(2,3)4)21-15(20)22-14/h5-8H,1-4H3. The highest BCUT2D eigenvalue weighted by molar-refractivity contribution is 6.35. The Balaban J connectivity index is 2.38. The molecule has 2 aromatic rings. The lowest BCUT2D eigenvalue weighted by Crippen LogP contribution is -2.16. The summed E-state index contributed by atoms with van der Waals surface area (Å²) in [7, 11) is 0. The molecule has 0 spiro atoms. The molecule has 23 heavy (non-hydrogen) atoms. The second kappa shape index (κ2) is 7.02. The molecule has 0 amide bonds. The Hall–Kier alpha value is -0.740. The number of rotatable bonds is 3. The predicted molar refractivity (Wildman–Crippen MR) is 96.3 cm³/mol. The zero-order valence-electron chi connectivity index (χ0n) is 13.1. The summed E-state index contributed by atoms with van der Waals surface area (Å²) in [6.45, 7) is 7.81. The lowest BCUT2D eigenvalue weighted by atomic mass is 9.92. The molecule has 1 heterocycles. The van der Waals surface area contributed by atoms with Gasteiger partial charge in [0.1, 0.15) is 11.1 Å². The van der Waals surface area contributed by atoms with Crippen LogP contribution < -0.4 is 4.74 Å². The Labute approximate surface area is 155 Å². The second-order valence-corrected chi connectivity index (χ2v) is 7.70. The molecule has 1 atom stereocenters. The highest BCUT2D eigenvalue weighted by atomic mass is 35.5. The molecule has 0 aliphatic heterocycles. The molecule has 1 unspecified atom stereocenters. The van der Waals surface area contributed by atoms with Gasteiger partial charge in [0, 0.05) is 21.0 Å². The van der Waals surface area contributed by atoms with Gasteiger partial charge in [-0.3, -0.25) is 0 Å². The van der Waals surface area contributed by atoms with Gasteiger partial charge in [-0.1, -0.05) is 61.6 Å². The number of hydrogen-bond donors (Lipinski definition) is 0. The van der Waals surface area contributed by atoms with Crippen LogP contribution in [0.25, 0.3) is 0 Å². The summed E-state index contributed by atoms with van der Waals surface area (Å²) < 4.78 is 5.87. The predicted octanol–water partition coefficient (Wildman–Crippen LogP) is 6.53. The van der Waals surface area contributed by atoms with Crippen molar-refractivity contribution in [2.45, 2.75) is 39.2 Å². The van der Waals surface area contributed by atoms with Gasteiger partial charge < -0.3 is 4.74 Å². The molecule has 124 valence electrons. The van der Waals surface area contributed by atoms with E-state index >= 15 is 0 Å². The fourth-order valence-electron chi connectivity index (χ4n) is 2.04. The van der Waals surface area contributed by atoms with Gasteiger partial charge >= 0.3 is 0 Å². The van der Waals surface area contributed by atoms with E-state index < -0.39 is 0 Å². The topological polar surface area (TPSA) is 35.0 Å². The van der Waals surface area contributed by atoms with Crippen molar-refractivity contribution in [2.24, 2.45) is 0 Å². The minimum Gasteiger partial charge on any atom is -0.469 e. The number of ether oxygens (including phenoxy) is 1. The van der Waals surface area contributed by atoms with E-state index in [1.807, 2.05) is 27.7 Å². The maximum atomic E-state index is 6.40. The first-order valence-electron chi connectivity index (χ1n) is 6.94. The van der Waals surface area contributed by atoms with Gasteiger partial charge in [0.25, 0.3) is 0 Å². The number of hydrogen-bond acceptors (Lipinski definition) is 3. The molecule has 0 N–H and O–H groups in total. The summed E-state index contributed by atoms with van der Waals surface area (Å²) in [5.41, 5.74) is 1.12. The van der Waals surface area contributed by atoms with E-state index in [1.165, 1.54) is 0 Å². The average Bonchev–Trinajstić information content (AvgIpc) is 2.41. The van der Waals surface area contributed by atoms with E-state index in [2.05, 4.69) is 9.97 Å². The normalized spacial score (nSPS) is 13.0. The van der Waals surface area contributed by atoms with Crippen LogP contribution in [0.3, 0.4) is 0 Å². The first-order chi connectivity index (χ1) is 10.6. The van der Waals surface area contributed by atoms with E-state index in [4.69, 9.17) is 51.1 Å². The van der Waals surface area contributed by atoms with E-state index in [0.29, 0.717) is 20.8 Å². The highest BCUT2D eigenvalue weighted by Gasteiger charge is 2.25. The minimum absolute atomic E-state index is 0.0868. The molecule has 3 nitrogen and oxygen atoms in total. The molecule has 0 aliphatic carbocycles. The van der Waals surface area contributed by atoms with Crippen LogP contribution in [0.15, 0.2) is 18.2 Å². The van der Waals surface area contributed by atoms with Gasteiger partial charge in [0.15, 0.2) is 0 Å². The molecule has 7 heteroatoms. The quantitative estimate of drug-likeness (QED) is 0.556. The highest BCUT2D eigenvalue weighted by Crippen LogP contribution is 2.37. The van der Waals surface area contributed by atoms with Crippen molar-refractivity contribution < 1.29 is 4.74 Å². The smallest absolute Gasteiger partial charge is 0.237 e. The van der Waals surface area contributed by atoms with Crippen LogP contribution in [0.1, 0.15) is 45.1 Å². The lowest BCUT2D eigenvalue weighted by molar-refractivity contribution is 0.216. The van der Waals surface area contributed by atoms with Crippen molar-refractivity contribution in [3.8, 4) is 5.88 Å². The number of halogens is 4. The van der Waals surface area contributed by atoms with E-state index in [1.54, 1.807) is 18.2 Å². The summed E-state index contributed by atoms with van der Waals surface area (Å²) >= 11 is 24.5. The van der Waals surface area contributed by atoms with Crippen molar-refractivity contribution in [1.29, 1.82) is 0 Å². The van der Waals surface area contributed by atoms with Gasteiger partial charge in [-0.2, -0.15) is 4.98 Å². The first kappa shape index (κ1) is 18.6. The summed E-state index contributed by atoms with van der Waals surface area (Å²) in [6, 6.07) is 5.21. The third-order valence-corrected chi connectivity index (χ3v) is 4.26. The van der Waals surface area contributed by atoms with Crippen molar-refractivity contribution >= 4 is 46.4 Å². The maximum absolute atomic E-state index is 6.40. The molecule has 0 saturated carbocycles. The third-order valence-electron chi connectivity index (χ3n) is 3.19. The maximum Gasteiger partial charge on any atom is 0.237 e. The van der Waals surface area contributed by atoms with Gasteiger partial charge in [0.2, 0.25) is 11.2 Å².